The number of rotatable bonds is 3. The molecule has 1 atom stereocenters. The molecule has 0 N–H and O–H groups in total. The number of hydrogen-bond donors (Lipinski definition) is 0. The van der Waals surface area contributed by atoms with E-state index in [0.29, 0.717) is 11.8 Å². The van der Waals surface area contributed by atoms with Crippen LogP contribution in [-0.4, -0.2) is 29.4 Å². The van der Waals surface area contributed by atoms with Crippen LogP contribution in [0.5, 0.6) is 5.88 Å². The first kappa shape index (κ1) is 16.3. The molecule has 1 aliphatic carbocycles. The first-order chi connectivity index (χ1) is 12.3. The van der Waals surface area contributed by atoms with E-state index < -0.39 is 0 Å². The molecule has 1 fully saturated rings. The van der Waals surface area contributed by atoms with Gasteiger partial charge in [-0.3, -0.25) is 4.79 Å². The molecule has 5 heteroatoms. The summed E-state index contributed by atoms with van der Waals surface area (Å²) >= 11 is 1.59. The Morgan fingerprint density at radius 3 is 3.00 bits per heavy atom. The van der Waals surface area contributed by atoms with Crippen LogP contribution >= 0.6 is 11.3 Å². The molecule has 3 heterocycles. The van der Waals surface area contributed by atoms with Gasteiger partial charge in [0.25, 0.3) is 5.91 Å². The third-order valence-electron chi connectivity index (χ3n) is 5.10. The van der Waals surface area contributed by atoms with E-state index in [2.05, 4.69) is 11.1 Å². The molecule has 130 valence electrons. The summed E-state index contributed by atoms with van der Waals surface area (Å²) in [6, 6.07) is 5.81. The first-order valence-corrected chi connectivity index (χ1v) is 9.75. The van der Waals surface area contributed by atoms with Crippen LogP contribution in [0.4, 0.5) is 0 Å². The third kappa shape index (κ3) is 3.21. The SMILES string of the molecule is COc1ccc(-c2cc(C(=O)N3CCCC4CCCC=C43)cs2)cn1. The molecule has 25 heavy (non-hydrogen) atoms. The lowest BCUT2D eigenvalue weighted by atomic mass is 9.84. The summed E-state index contributed by atoms with van der Waals surface area (Å²) in [7, 11) is 1.61. The number of likely N-dealkylation sites (tertiary alicyclic amines) is 1. The highest BCUT2D eigenvalue weighted by molar-refractivity contribution is 7.13. The third-order valence-corrected chi connectivity index (χ3v) is 6.08. The minimum absolute atomic E-state index is 0.141. The monoisotopic (exact) mass is 354 g/mol. The molecule has 1 aliphatic heterocycles. The highest BCUT2D eigenvalue weighted by atomic mass is 32.1. The number of aromatic nitrogens is 1. The smallest absolute Gasteiger partial charge is 0.258 e. The van der Waals surface area contributed by atoms with Gasteiger partial charge in [0.15, 0.2) is 0 Å². The van der Waals surface area contributed by atoms with Crippen molar-refractivity contribution in [2.45, 2.75) is 32.1 Å². The fourth-order valence-electron chi connectivity index (χ4n) is 3.80. The van der Waals surface area contributed by atoms with Crippen LogP contribution in [0.25, 0.3) is 10.4 Å². The summed E-state index contributed by atoms with van der Waals surface area (Å²) < 4.78 is 5.10. The van der Waals surface area contributed by atoms with E-state index in [1.807, 2.05) is 28.5 Å². The van der Waals surface area contributed by atoms with Crippen molar-refractivity contribution >= 4 is 17.2 Å². The second kappa shape index (κ2) is 7.00. The molecular weight excluding hydrogens is 332 g/mol. The Kier molecular flexibility index (Phi) is 4.57. The van der Waals surface area contributed by atoms with Crippen LogP contribution in [0.3, 0.4) is 0 Å². The Bertz CT molecular complexity index is 794. The molecular formula is C20H22N2O2S. The van der Waals surface area contributed by atoms with Crippen molar-refractivity contribution in [3.8, 4) is 16.3 Å². The van der Waals surface area contributed by atoms with Gasteiger partial charge in [-0.25, -0.2) is 4.98 Å². The number of ether oxygens (including phenoxy) is 1. The van der Waals surface area contributed by atoms with E-state index in [1.54, 1.807) is 24.6 Å². The average Bonchev–Trinajstić information content (AvgIpc) is 3.17. The molecule has 4 rings (SSSR count). The van der Waals surface area contributed by atoms with Gasteiger partial charge in [-0.2, -0.15) is 0 Å². The summed E-state index contributed by atoms with van der Waals surface area (Å²) in [5, 5.41) is 1.97. The molecule has 4 nitrogen and oxygen atoms in total. The lowest BCUT2D eigenvalue weighted by Gasteiger charge is -2.37. The van der Waals surface area contributed by atoms with E-state index in [1.165, 1.54) is 25.0 Å². The van der Waals surface area contributed by atoms with E-state index in [9.17, 15) is 4.79 Å². The topological polar surface area (TPSA) is 42.4 Å². The van der Waals surface area contributed by atoms with Crippen LogP contribution in [0.1, 0.15) is 42.5 Å². The summed E-state index contributed by atoms with van der Waals surface area (Å²) in [4.78, 5) is 20.4. The van der Waals surface area contributed by atoms with Crippen LogP contribution < -0.4 is 4.74 Å². The molecule has 2 aliphatic rings. The molecule has 0 bridgehead atoms. The van der Waals surface area contributed by atoms with E-state index >= 15 is 0 Å². The highest BCUT2D eigenvalue weighted by Crippen LogP contribution is 2.36. The van der Waals surface area contributed by atoms with Gasteiger partial charge in [0.05, 0.1) is 12.7 Å². The van der Waals surface area contributed by atoms with Gasteiger partial charge in [0.1, 0.15) is 0 Å². The maximum Gasteiger partial charge on any atom is 0.258 e. The second-order valence-corrected chi connectivity index (χ2v) is 7.56. The summed E-state index contributed by atoms with van der Waals surface area (Å²) in [5.74, 6) is 1.32. The number of methoxy groups -OCH3 is 1. The molecule has 0 saturated carbocycles. The van der Waals surface area contributed by atoms with Crippen LogP contribution in [-0.2, 0) is 0 Å². The van der Waals surface area contributed by atoms with Crippen LogP contribution in [0.15, 0.2) is 41.5 Å². The number of amides is 1. The molecule has 0 spiro atoms. The van der Waals surface area contributed by atoms with Crippen LogP contribution in [0, 0.1) is 5.92 Å². The Hall–Kier alpha value is -2.14. The van der Waals surface area contributed by atoms with Gasteiger partial charge in [-0.15, -0.1) is 11.3 Å². The lowest BCUT2D eigenvalue weighted by molar-refractivity contribution is 0.0749. The summed E-state index contributed by atoms with van der Waals surface area (Å²) in [6.45, 7) is 0.844. The largest absolute Gasteiger partial charge is 0.481 e. The van der Waals surface area contributed by atoms with Crippen molar-refractivity contribution in [3.63, 3.8) is 0 Å². The molecule has 1 unspecified atom stereocenters. The van der Waals surface area contributed by atoms with Crippen molar-refractivity contribution in [1.82, 2.24) is 9.88 Å². The van der Waals surface area contributed by atoms with Crippen molar-refractivity contribution in [3.05, 3.63) is 47.1 Å². The molecule has 2 aromatic rings. The zero-order valence-electron chi connectivity index (χ0n) is 14.4. The summed E-state index contributed by atoms with van der Waals surface area (Å²) in [6.07, 6.45) is 9.98. The average molecular weight is 354 g/mol. The minimum atomic E-state index is 0.141. The highest BCUT2D eigenvalue weighted by Gasteiger charge is 2.31. The molecule has 1 amide bonds. The Morgan fingerprint density at radius 1 is 1.32 bits per heavy atom. The molecule has 0 radical (unpaired) electrons. The number of fused-ring (bicyclic) bond motifs is 1. The van der Waals surface area contributed by atoms with Gasteiger partial charge in [-0.05, 0) is 50.2 Å². The molecule has 0 aromatic carbocycles. The zero-order valence-corrected chi connectivity index (χ0v) is 15.2. The standard InChI is InChI=1S/C20H22N2O2S/c1-24-19-9-8-15(12-21-19)18-11-16(13-25-18)20(23)22-10-4-6-14-5-2-3-7-17(14)22/h7-9,11-14H,2-6,10H2,1H3. The van der Waals surface area contributed by atoms with E-state index in [0.717, 1.165) is 35.4 Å². The van der Waals surface area contributed by atoms with E-state index in [-0.39, 0.29) is 5.91 Å². The van der Waals surface area contributed by atoms with Gasteiger partial charge in [-0.1, -0.05) is 6.08 Å². The number of allylic oxidation sites excluding steroid dienone is 2. The number of piperidine rings is 1. The maximum atomic E-state index is 13.1. The van der Waals surface area contributed by atoms with Crippen molar-refractivity contribution in [2.75, 3.05) is 13.7 Å². The number of hydrogen-bond acceptors (Lipinski definition) is 4. The Labute approximate surface area is 152 Å². The number of carbonyl (C=O) groups is 1. The Morgan fingerprint density at radius 2 is 2.20 bits per heavy atom. The van der Waals surface area contributed by atoms with Gasteiger partial charge in [0, 0.05) is 40.3 Å². The lowest BCUT2D eigenvalue weighted by Crippen LogP contribution is -2.38. The predicted molar refractivity (Wildman–Crippen MR) is 99.8 cm³/mol. The first-order valence-electron chi connectivity index (χ1n) is 8.87. The predicted octanol–water partition coefficient (Wildman–Crippen LogP) is 4.74. The molecule has 2 aromatic heterocycles. The van der Waals surface area contributed by atoms with Crippen molar-refractivity contribution in [1.29, 1.82) is 0 Å². The maximum absolute atomic E-state index is 13.1. The number of pyridine rings is 1. The van der Waals surface area contributed by atoms with E-state index in [4.69, 9.17) is 4.74 Å². The quantitative estimate of drug-likeness (QED) is 0.799. The number of nitrogens with zero attached hydrogens (tertiary/aromatic N) is 2. The number of thiophene rings is 1. The minimum Gasteiger partial charge on any atom is -0.481 e. The normalized spacial score (nSPS) is 20.0. The Balaban J connectivity index is 1.56. The van der Waals surface area contributed by atoms with Crippen molar-refractivity contribution < 1.29 is 9.53 Å². The van der Waals surface area contributed by atoms with Gasteiger partial charge < -0.3 is 9.64 Å². The van der Waals surface area contributed by atoms with Gasteiger partial charge in [0.2, 0.25) is 5.88 Å². The fourth-order valence-corrected chi connectivity index (χ4v) is 4.67. The second-order valence-electron chi connectivity index (χ2n) is 6.64. The van der Waals surface area contributed by atoms with Crippen molar-refractivity contribution in [2.24, 2.45) is 5.92 Å². The summed E-state index contributed by atoms with van der Waals surface area (Å²) in [5.41, 5.74) is 3.06. The van der Waals surface area contributed by atoms with Gasteiger partial charge >= 0.3 is 0 Å². The molecule has 1 saturated heterocycles. The van der Waals surface area contributed by atoms with Crippen LogP contribution in [0.2, 0.25) is 0 Å². The number of carbonyl (C=O) groups excluding carboxylic acids is 1. The fraction of sp³-hybridized carbons (Fsp3) is 0.400. The zero-order chi connectivity index (χ0) is 17.2.